The van der Waals surface area contributed by atoms with Crippen molar-refractivity contribution in [1.82, 2.24) is 19.2 Å². The third-order valence-electron chi connectivity index (χ3n) is 4.57. The molecule has 0 saturated heterocycles. The van der Waals surface area contributed by atoms with Gasteiger partial charge in [0.1, 0.15) is 0 Å². The van der Waals surface area contributed by atoms with Crippen LogP contribution in [-0.2, 0) is 6.54 Å². The summed E-state index contributed by atoms with van der Waals surface area (Å²) in [6.45, 7) is 5.01. The highest BCUT2D eigenvalue weighted by atomic mass is 35.5. The number of rotatable bonds is 4. The maximum Gasteiger partial charge on any atom is 0.261 e. The zero-order valence-corrected chi connectivity index (χ0v) is 15.4. The second-order valence-corrected chi connectivity index (χ2v) is 7.29. The molecule has 0 aliphatic heterocycles. The number of hydrogen-bond acceptors (Lipinski definition) is 3. The first-order chi connectivity index (χ1) is 12.5. The highest BCUT2D eigenvalue weighted by molar-refractivity contribution is 6.30. The van der Waals surface area contributed by atoms with E-state index < -0.39 is 0 Å². The smallest absolute Gasteiger partial charge is 0.261 e. The van der Waals surface area contributed by atoms with Gasteiger partial charge in [-0.3, -0.25) is 4.79 Å². The lowest BCUT2D eigenvalue weighted by molar-refractivity contribution is 0.509. The third kappa shape index (κ3) is 2.88. The van der Waals surface area contributed by atoms with Crippen LogP contribution in [0, 0.1) is 5.92 Å². The van der Waals surface area contributed by atoms with Gasteiger partial charge in [0.15, 0.2) is 5.65 Å². The lowest BCUT2D eigenvalue weighted by Crippen LogP contribution is -2.21. The Kier molecular flexibility index (Phi) is 4.24. The van der Waals surface area contributed by atoms with E-state index in [0.29, 0.717) is 22.9 Å². The lowest BCUT2D eigenvalue weighted by Gasteiger charge is -2.09. The van der Waals surface area contributed by atoms with Crippen molar-refractivity contribution < 1.29 is 0 Å². The molecule has 0 saturated carbocycles. The molecule has 6 heteroatoms. The first-order valence-electron chi connectivity index (χ1n) is 8.66. The van der Waals surface area contributed by atoms with E-state index in [1.54, 1.807) is 21.5 Å². The minimum Gasteiger partial charge on any atom is -0.315 e. The first-order valence-corrected chi connectivity index (χ1v) is 9.04. The predicted molar refractivity (Wildman–Crippen MR) is 105 cm³/mol. The second kappa shape index (κ2) is 6.57. The Bertz CT molecular complexity index is 1140. The van der Waals surface area contributed by atoms with Crippen molar-refractivity contribution in [1.29, 1.82) is 0 Å². The van der Waals surface area contributed by atoms with Crippen molar-refractivity contribution >= 4 is 28.2 Å². The van der Waals surface area contributed by atoms with Crippen molar-refractivity contribution in [2.75, 3.05) is 0 Å². The molecule has 0 radical (unpaired) electrons. The van der Waals surface area contributed by atoms with Gasteiger partial charge >= 0.3 is 0 Å². The number of halogens is 1. The molecule has 0 aliphatic rings. The number of nitrogens with zero attached hydrogens (tertiary/aromatic N) is 4. The van der Waals surface area contributed by atoms with Gasteiger partial charge < -0.3 is 4.57 Å². The van der Waals surface area contributed by atoms with Crippen molar-refractivity contribution in [3.63, 3.8) is 0 Å². The molecule has 0 bridgehead atoms. The molecule has 0 fully saturated rings. The SMILES string of the molecule is CC(C)CCn1ccc2c(cnc3c(-c4ccc(Cl)cc4)cnn32)c1=O. The van der Waals surface area contributed by atoms with Crippen LogP contribution in [0.2, 0.25) is 5.02 Å². The molecular formula is C20H19ClN4O. The van der Waals surface area contributed by atoms with Gasteiger partial charge in [-0.05, 0) is 36.1 Å². The summed E-state index contributed by atoms with van der Waals surface area (Å²) in [6.07, 6.45) is 6.23. The fourth-order valence-corrected chi connectivity index (χ4v) is 3.19. The number of pyridine rings is 1. The van der Waals surface area contributed by atoms with Gasteiger partial charge in [0, 0.05) is 29.5 Å². The quantitative estimate of drug-likeness (QED) is 0.537. The molecule has 0 spiro atoms. The molecule has 26 heavy (non-hydrogen) atoms. The largest absolute Gasteiger partial charge is 0.315 e. The summed E-state index contributed by atoms with van der Waals surface area (Å²) in [6, 6.07) is 9.50. The van der Waals surface area contributed by atoms with E-state index in [9.17, 15) is 4.79 Å². The Morgan fingerprint density at radius 2 is 1.88 bits per heavy atom. The minimum absolute atomic E-state index is 0.0268. The Morgan fingerprint density at radius 3 is 2.62 bits per heavy atom. The van der Waals surface area contributed by atoms with E-state index in [1.807, 2.05) is 36.5 Å². The summed E-state index contributed by atoms with van der Waals surface area (Å²) < 4.78 is 3.48. The fourth-order valence-electron chi connectivity index (χ4n) is 3.06. The summed E-state index contributed by atoms with van der Waals surface area (Å²) in [5.74, 6) is 0.547. The van der Waals surface area contributed by atoms with E-state index in [-0.39, 0.29) is 5.56 Å². The van der Waals surface area contributed by atoms with Crippen LogP contribution in [0.25, 0.3) is 27.7 Å². The Labute approximate surface area is 155 Å². The molecule has 0 atom stereocenters. The first kappa shape index (κ1) is 16.8. The molecule has 1 aromatic carbocycles. The van der Waals surface area contributed by atoms with Gasteiger partial charge in [-0.1, -0.05) is 37.6 Å². The van der Waals surface area contributed by atoms with E-state index in [4.69, 9.17) is 11.6 Å². The van der Waals surface area contributed by atoms with Crippen LogP contribution < -0.4 is 5.56 Å². The monoisotopic (exact) mass is 366 g/mol. The molecule has 3 aromatic heterocycles. The zero-order valence-electron chi connectivity index (χ0n) is 14.7. The van der Waals surface area contributed by atoms with Crippen LogP contribution in [0.3, 0.4) is 0 Å². The molecule has 4 rings (SSSR count). The third-order valence-corrected chi connectivity index (χ3v) is 4.82. The molecule has 5 nitrogen and oxygen atoms in total. The van der Waals surface area contributed by atoms with Gasteiger partial charge in [-0.25, -0.2) is 9.50 Å². The van der Waals surface area contributed by atoms with E-state index in [2.05, 4.69) is 23.9 Å². The van der Waals surface area contributed by atoms with Crippen LogP contribution in [0.4, 0.5) is 0 Å². The van der Waals surface area contributed by atoms with E-state index >= 15 is 0 Å². The summed E-state index contributed by atoms with van der Waals surface area (Å²) in [5, 5.41) is 5.73. The maximum absolute atomic E-state index is 12.8. The van der Waals surface area contributed by atoms with Crippen LogP contribution >= 0.6 is 11.6 Å². The molecule has 0 unspecified atom stereocenters. The molecular weight excluding hydrogens is 348 g/mol. The molecule has 3 heterocycles. The van der Waals surface area contributed by atoms with Crippen LogP contribution in [-0.4, -0.2) is 19.2 Å². The molecule has 0 N–H and O–H groups in total. The highest BCUT2D eigenvalue weighted by Gasteiger charge is 2.13. The van der Waals surface area contributed by atoms with Gasteiger partial charge in [0.05, 0.1) is 17.1 Å². The Morgan fingerprint density at radius 1 is 1.12 bits per heavy atom. The minimum atomic E-state index is -0.0268. The van der Waals surface area contributed by atoms with Gasteiger partial charge in [0.2, 0.25) is 0 Å². The van der Waals surface area contributed by atoms with Gasteiger partial charge in [0.25, 0.3) is 5.56 Å². The average Bonchev–Trinajstić information content (AvgIpc) is 3.06. The normalized spacial score (nSPS) is 11.7. The standard InChI is InChI=1S/C20H19ClN4O/c1-13(2)7-9-24-10-8-18-17(20(24)26)11-22-19-16(12-23-25(18)19)14-3-5-15(21)6-4-14/h3-6,8,10-13H,7,9H2,1-2H3. The second-order valence-electron chi connectivity index (χ2n) is 6.85. The van der Waals surface area contributed by atoms with Crippen molar-refractivity contribution in [2.45, 2.75) is 26.8 Å². The summed E-state index contributed by atoms with van der Waals surface area (Å²) in [7, 11) is 0. The Hall–Kier alpha value is -2.66. The fraction of sp³-hybridized carbons (Fsp3) is 0.250. The summed E-state index contributed by atoms with van der Waals surface area (Å²) in [4.78, 5) is 17.3. The topological polar surface area (TPSA) is 52.2 Å². The van der Waals surface area contributed by atoms with Crippen LogP contribution in [0.5, 0.6) is 0 Å². The Balaban J connectivity index is 1.85. The van der Waals surface area contributed by atoms with Crippen LogP contribution in [0.15, 0.2) is 53.7 Å². The van der Waals surface area contributed by atoms with E-state index in [1.165, 1.54) is 0 Å². The number of benzene rings is 1. The number of aryl methyl sites for hydroxylation is 1. The van der Waals surface area contributed by atoms with Crippen LogP contribution in [0.1, 0.15) is 20.3 Å². The number of hydrogen-bond donors (Lipinski definition) is 0. The predicted octanol–water partition coefficient (Wildman–Crippen LogP) is 4.41. The molecule has 0 amide bonds. The van der Waals surface area contributed by atoms with Crippen molar-refractivity contribution in [2.24, 2.45) is 5.92 Å². The van der Waals surface area contributed by atoms with Crippen molar-refractivity contribution in [3.8, 4) is 11.1 Å². The maximum atomic E-state index is 12.8. The lowest BCUT2D eigenvalue weighted by atomic mass is 10.1. The van der Waals surface area contributed by atoms with Gasteiger partial charge in [-0.2, -0.15) is 5.10 Å². The summed E-state index contributed by atoms with van der Waals surface area (Å²) >= 11 is 5.97. The molecule has 4 aromatic rings. The van der Waals surface area contributed by atoms with E-state index in [0.717, 1.165) is 28.7 Å². The van der Waals surface area contributed by atoms with Crippen molar-refractivity contribution in [3.05, 3.63) is 64.3 Å². The van der Waals surface area contributed by atoms with Gasteiger partial charge in [-0.15, -0.1) is 0 Å². The number of aromatic nitrogens is 4. The summed E-state index contributed by atoms with van der Waals surface area (Å²) in [5.41, 5.74) is 3.36. The highest BCUT2D eigenvalue weighted by Crippen LogP contribution is 2.26. The zero-order chi connectivity index (χ0) is 18.3. The average molecular weight is 367 g/mol. The molecule has 132 valence electrons. The molecule has 0 aliphatic carbocycles. The number of fused-ring (bicyclic) bond motifs is 3.